The minimum atomic E-state index is -3.16. The Kier molecular flexibility index (Phi) is 3.24. The first-order valence-corrected chi connectivity index (χ1v) is 3.92. The fraction of sp³-hybridized carbons (Fsp3) is 0.125. The molecule has 0 aliphatic heterocycles. The summed E-state index contributed by atoms with van der Waals surface area (Å²) in [6.45, 7) is -3.16. The van der Waals surface area contributed by atoms with Crippen LogP contribution in [-0.4, -0.2) is 12.6 Å². The number of hydrogen-bond acceptors (Lipinski definition) is 3. The maximum Gasteiger partial charge on any atom is 0.389 e. The summed E-state index contributed by atoms with van der Waals surface area (Å²) < 4.78 is 27.0. The number of hydrogen-bond donors (Lipinski definition) is 1. The highest BCUT2D eigenvalue weighted by atomic mass is 35.5. The Morgan fingerprint density at radius 2 is 2.14 bits per heavy atom. The second-order valence-electron chi connectivity index (χ2n) is 2.40. The second-order valence-corrected chi connectivity index (χ2v) is 2.83. The van der Waals surface area contributed by atoms with Crippen LogP contribution in [0, 0.1) is 0 Å². The Labute approximate surface area is 83.4 Å². The van der Waals surface area contributed by atoms with Crippen LogP contribution in [-0.2, 0) is 4.74 Å². The average molecular weight is 222 g/mol. The number of ether oxygens (including phenoxy) is 1. The lowest BCUT2D eigenvalue weighted by atomic mass is 10.2. The van der Waals surface area contributed by atoms with Crippen molar-refractivity contribution in [3.8, 4) is 0 Å². The third-order valence-corrected chi connectivity index (χ3v) is 1.66. The third kappa shape index (κ3) is 2.56. The normalized spacial score (nSPS) is 10.3. The van der Waals surface area contributed by atoms with Crippen LogP contribution < -0.4 is 5.73 Å². The van der Waals surface area contributed by atoms with Gasteiger partial charge in [-0.25, -0.2) is 4.79 Å². The standard InChI is InChI=1S/C8H6ClF2NO2/c9-4-1-2-5(6(12)3-4)7(13)14-8(10)11/h1-3,8H,12H2. The summed E-state index contributed by atoms with van der Waals surface area (Å²) in [5.41, 5.74) is 5.24. The van der Waals surface area contributed by atoms with Crippen LogP contribution in [0.3, 0.4) is 0 Å². The predicted molar refractivity (Wildman–Crippen MR) is 47.3 cm³/mol. The highest BCUT2D eigenvalue weighted by Crippen LogP contribution is 2.19. The molecular weight excluding hydrogens is 216 g/mol. The number of halogens is 3. The van der Waals surface area contributed by atoms with Gasteiger partial charge in [-0.3, -0.25) is 0 Å². The molecule has 0 aliphatic carbocycles. The fourth-order valence-corrected chi connectivity index (χ4v) is 1.04. The molecular formula is C8H6ClF2NO2. The van der Waals surface area contributed by atoms with Gasteiger partial charge in [0.05, 0.1) is 5.56 Å². The Hall–Kier alpha value is -1.36. The van der Waals surface area contributed by atoms with Crippen LogP contribution in [0.5, 0.6) is 0 Å². The van der Waals surface area contributed by atoms with Crippen molar-refractivity contribution in [2.45, 2.75) is 6.61 Å². The van der Waals surface area contributed by atoms with Crippen LogP contribution in [0.2, 0.25) is 5.02 Å². The lowest BCUT2D eigenvalue weighted by Crippen LogP contribution is -2.11. The second kappa shape index (κ2) is 4.23. The number of carbonyl (C=O) groups is 1. The van der Waals surface area contributed by atoms with Crippen LogP contribution in [0.15, 0.2) is 18.2 Å². The van der Waals surface area contributed by atoms with E-state index in [4.69, 9.17) is 17.3 Å². The van der Waals surface area contributed by atoms with Crippen LogP contribution >= 0.6 is 11.6 Å². The first kappa shape index (κ1) is 10.7. The lowest BCUT2D eigenvalue weighted by molar-refractivity contribution is -0.0905. The van der Waals surface area contributed by atoms with Crippen LogP contribution in [0.25, 0.3) is 0 Å². The van der Waals surface area contributed by atoms with Gasteiger partial charge in [0.25, 0.3) is 0 Å². The zero-order valence-electron chi connectivity index (χ0n) is 6.84. The third-order valence-electron chi connectivity index (χ3n) is 1.43. The number of benzene rings is 1. The van der Waals surface area contributed by atoms with Gasteiger partial charge in [0, 0.05) is 10.7 Å². The van der Waals surface area contributed by atoms with Crippen molar-refractivity contribution in [3.05, 3.63) is 28.8 Å². The number of esters is 1. The Morgan fingerprint density at radius 3 is 2.64 bits per heavy atom. The molecule has 0 heterocycles. The zero-order valence-corrected chi connectivity index (χ0v) is 7.59. The van der Waals surface area contributed by atoms with Crippen molar-refractivity contribution in [1.29, 1.82) is 0 Å². The summed E-state index contributed by atoms with van der Waals surface area (Å²) in [7, 11) is 0. The molecule has 0 spiro atoms. The van der Waals surface area contributed by atoms with E-state index in [0.29, 0.717) is 5.02 Å². The van der Waals surface area contributed by atoms with Crippen molar-refractivity contribution in [2.75, 3.05) is 5.73 Å². The molecule has 14 heavy (non-hydrogen) atoms. The number of anilines is 1. The van der Waals surface area contributed by atoms with E-state index in [1.165, 1.54) is 18.2 Å². The number of nitrogen functional groups attached to an aromatic ring is 1. The Bertz CT molecular complexity index is 357. The van der Waals surface area contributed by atoms with E-state index in [2.05, 4.69) is 4.74 Å². The first-order valence-electron chi connectivity index (χ1n) is 3.55. The van der Waals surface area contributed by atoms with Gasteiger partial charge in [0.1, 0.15) is 0 Å². The monoisotopic (exact) mass is 221 g/mol. The molecule has 0 radical (unpaired) electrons. The molecule has 0 saturated carbocycles. The Morgan fingerprint density at radius 1 is 1.50 bits per heavy atom. The minimum Gasteiger partial charge on any atom is -0.399 e. The summed E-state index contributed by atoms with van der Waals surface area (Å²) >= 11 is 5.55. The predicted octanol–water partition coefficient (Wildman–Crippen LogP) is 2.30. The molecule has 0 saturated heterocycles. The minimum absolute atomic E-state index is 0.00292. The SMILES string of the molecule is Nc1cc(Cl)ccc1C(=O)OC(F)F. The molecule has 0 aromatic heterocycles. The average Bonchev–Trinajstić information content (AvgIpc) is 2.01. The van der Waals surface area contributed by atoms with E-state index >= 15 is 0 Å². The van der Waals surface area contributed by atoms with Gasteiger partial charge in [0.2, 0.25) is 0 Å². The summed E-state index contributed by atoms with van der Waals surface area (Å²) in [5, 5.41) is 0.316. The molecule has 0 unspecified atom stereocenters. The lowest BCUT2D eigenvalue weighted by Gasteiger charge is -2.05. The maximum atomic E-state index is 11.7. The molecule has 0 amide bonds. The number of rotatable bonds is 2. The molecule has 1 aromatic rings. The van der Waals surface area contributed by atoms with E-state index in [0.717, 1.165) is 0 Å². The molecule has 1 aromatic carbocycles. The van der Waals surface area contributed by atoms with E-state index in [9.17, 15) is 13.6 Å². The van der Waals surface area contributed by atoms with Gasteiger partial charge in [-0.2, -0.15) is 8.78 Å². The van der Waals surface area contributed by atoms with E-state index in [-0.39, 0.29) is 11.3 Å². The smallest absolute Gasteiger partial charge is 0.389 e. The quantitative estimate of drug-likeness (QED) is 0.616. The molecule has 3 nitrogen and oxygen atoms in total. The van der Waals surface area contributed by atoms with E-state index in [1.54, 1.807) is 0 Å². The van der Waals surface area contributed by atoms with Crippen molar-refractivity contribution < 1.29 is 18.3 Å². The molecule has 0 fully saturated rings. The maximum absolute atomic E-state index is 11.7. The van der Waals surface area contributed by atoms with Gasteiger partial charge < -0.3 is 10.5 Å². The van der Waals surface area contributed by atoms with Crippen molar-refractivity contribution >= 4 is 23.3 Å². The van der Waals surface area contributed by atoms with Gasteiger partial charge in [-0.15, -0.1) is 0 Å². The van der Waals surface area contributed by atoms with Crippen molar-refractivity contribution in [1.82, 2.24) is 0 Å². The molecule has 2 N–H and O–H groups in total. The van der Waals surface area contributed by atoms with Crippen LogP contribution in [0.1, 0.15) is 10.4 Å². The number of alkyl halides is 2. The molecule has 6 heteroatoms. The topological polar surface area (TPSA) is 52.3 Å². The summed E-state index contributed by atoms with van der Waals surface area (Å²) in [6.07, 6.45) is 0. The van der Waals surface area contributed by atoms with E-state index < -0.39 is 12.6 Å². The van der Waals surface area contributed by atoms with Crippen molar-refractivity contribution in [2.24, 2.45) is 0 Å². The molecule has 0 bridgehead atoms. The number of carbonyl (C=O) groups excluding carboxylic acids is 1. The molecule has 0 aliphatic rings. The highest BCUT2D eigenvalue weighted by Gasteiger charge is 2.15. The first-order chi connectivity index (χ1) is 6.50. The summed E-state index contributed by atoms with van der Waals surface area (Å²) in [4.78, 5) is 11.0. The summed E-state index contributed by atoms with van der Waals surface area (Å²) in [6, 6.07) is 3.87. The highest BCUT2D eigenvalue weighted by molar-refractivity contribution is 6.31. The largest absolute Gasteiger partial charge is 0.399 e. The zero-order chi connectivity index (χ0) is 10.7. The van der Waals surface area contributed by atoms with E-state index in [1.807, 2.05) is 0 Å². The molecule has 0 atom stereocenters. The fourth-order valence-electron chi connectivity index (χ4n) is 0.864. The summed E-state index contributed by atoms with van der Waals surface area (Å²) in [5.74, 6) is -1.17. The van der Waals surface area contributed by atoms with Gasteiger partial charge in [0.15, 0.2) is 0 Å². The van der Waals surface area contributed by atoms with Gasteiger partial charge in [-0.1, -0.05) is 11.6 Å². The van der Waals surface area contributed by atoms with Gasteiger partial charge >= 0.3 is 12.6 Å². The van der Waals surface area contributed by atoms with Crippen molar-refractivity contribution in [3.63, 3.8) is 0 Å². The number of nitrogens with two attached hydrogens (primary N) is 1. The van der Waals surface area contributed by atoms with Crippen LogP contribution in [0.4, 0.5) is 14.5 Å². The molecule has 1 rings (SSSR count). The van der Waals surface area contributed by atoms with Gasteiger partial charge in [-0.05, 0) is 18.2 Å². The Balaban J connectivity index is 2.90. The molecule has 76 valence electrons.